The average molecular weight is 263 g/mol. The topological polar surface area (TPSA) is 29.1 Å². The van der Waals surface area contributed by atoms with E-state index in [0.29, 0.717) is 0 Å². The van der Waals surface area contributed by atoms with Crippen molar-refractivity contribution in [3.8, 4) is 0 Å². The Labute approximate surface area is 109 Å². The SMILES string of the molecule is CNC1(c2cc[c-]cc2C=O)CC1.[Y]. The van der Waals surface area contributed by atoms with Crippen molar-refractivity contribution in [2.45, 2.75) is 18.4 Å². The summed E-state index contributed by atoms with van der Waals surface area (Å²) in [4.78, 5) is 10.8. The minimum Gasteiger partial charge on any atom is -0.312 e. The molecule has 0 aliphatic heterocycles. The maximum atomic E-state index is 10.8. The van der Waals surface area contributed by atoms with Crippen LogP contribution in [0.2, 0.25) is 0 Å². The molecule has 1 fully saturated rings. The maximum Gasteiger partial charge on any atom is 0.0953 e. The van der Waals surface area contributed by atoms with Gasteiger partial charge in [0, 0.05) is 38.2 Å². The number of hydrogen-bond acceptors (Lipinski definition) is 2. The number of carbonyl (C=O) groups excluding carboxylic acids is 1. The summed E-state index contributed by atoms with van der Waals surface area (Å²) in [7, 11) is 1.94. The van der Waals surface area contributed by atoms with Gasteiger partial charge in [0.2, 0.25) is 0 Å². The van der Waals surface area contributed by atoms with E-state index in [-0.39, 0.29) is 38.2 Å². The Morgan fingerprint density at radius 2 is 2.29 bits per heavy atom. The van der Waals surface area contributed by atoms with Gasteiger partial charge in [-0.2, -0.15) is 24.3 Å². The van der Waals surface area contributed by atoms with Gasteiger partial charge in [-0.15, -0.1) is 5.56 Å². The molecule has 1 saturated carbocycles. The van der Waals surface area contributed by atoms with E-state index in [1.807, 2.05) is 19.2 Å². The van der Waals surface area contributed by atoms with Gasteiger partial charge in [0.1, 0.15) is 0 Å². The Bertz CT molecular complexity index is 334. The molecule has 1 radical (unpaired) electrons. The van der Waals surface area contributed by atoms with Gasteiger partial charge < -0.3 is 10.1 Å². The van der Waals surface area contributed by atoms with Crippen molar-refractivity contribution < 1.29 is 37.5 Å². The Hall–Kier alpha value is -0.0461. The summed E-state index contributed by atoms with van der Waals surface area (Å²) in [6.07, 6.45) is 3.14. The fourth-order valence-electron chi connectivity index (χ4n) is 1.76. The van der Waals surface area contributed by atoms with Gasteiger partial charge in [-0.25, -0.2) is 0 Å². The Kier molecular flexibility index (Phi) is 3.99. The molecule has 0 unspecified atom stereocenters. The molecule has 1 aliphatic carbocycles. The number of carbonyl (C=O) groups is 1. The summed E-state index contributed by atoms with van der Waals surface area (Å²) in [5, 5.41) is 3.27. The zero-order chi connectivity index (χ0) is 9.31. The van der Waals surface area contributed by atoms with Crippen LogP contribution in [0, 0.1) is 6.07 Å². The summed E-state index contributed by atoms with van der Waals surface area (Å²) in [5.41, 5.74) is 1.95. The van der Waals surface area contributed by atoms with Crippen LogP contribution < -0.4 is 5.32 Å². The van der Waals surface area contributed by atoms with E-state index in [4.69, 9.17) is 0 Å². The molecule has 1 aliphatic rings. The van der Waals surface area contributed by atoms with Crippen LogP contribution in [0.4, 0.5) is 0 Å². The second-order valence-electron chi connectivity index (χ2n) is 3.46. The van der Waals surface area contributed by atoms with E-state index in [2.05, 4.69) is 11.4 Å². The monoisotopic (exact) mass is 263 g/mol. The van der Waals surface area contributed by atoms with Crippen LogP contribution in [0.3, 0.4) is 0 Å². The fraction of sp³-hybridized carbons (Fsp3) is 0.364. The molecular weight excluding hydrogens is 251 g/mol. The zero-order valence-corrected chi connectivity index (χ0v) is 11.0. The fourth-order valence-corrected chi connectivity index (χ4v) is 1.76. The first-order valence-corrected chi connectivity index (χ1v) is 4.47. The third kappa shape index (κ3) is 1.97. The molecule has 0 bridgehead atoms. The number of hydrogen-bond donors (Lipinski definition) is 1. The molecular formula is C11H12NOY-. The van der Waals surface area contributed by atoms with Gasteiger partial charge in [-0.1, -0.05) is 5.56 Å². The molecule has 0 spiro atoms. The van der Waals surface area contributed by atoms with Crippen molar-refractivity contribution >= 4 is 6.29 Å². The van der Waals surface area contributed by atoms with Crippen molar-refractivity contribution in [2.75, 3.05) is 7.05 Å². The van der Waals surface area contributed by atoms with Crippen LogP contribution >= 0.6 is 0 Å². The first kappa shape index (κ1) is 12.0. The minimum atomic E-state index is 0. The molecule has 0 aromatic heterocycles. The third-order valence-electron chi connectivity index (χ3n) is 2.77. The maximum absolute atomic E-state index is 10.8. The standard InChI is InChI=1S/C11H12NO.Y/c1-12-11(6-7-11)10-5-3-2-4-9(10)8-13;/h3-5,8,12H,6-7H2,1H3;/q-1;. The molecule has 0 atom stereocenters. The summed E-state index contributed by atoms with van der Waals surface area (Å²) >= 11 is 0. The van der Waals surface area contributed by atoms with Crippen molar-refractivity contribution in [2.24, 2.45) is 0 Å². The predicted octanol–water partition coefficient (Wildman–Crippen LogP) is 1.51. The molecule has 71 valence electrons. The summed E-state index contributed by atoms with van der Waals surface area (Å²) in [6, 6.07) is 8.51. The quantitative estimate of drug-likeness (QED) is 0.661. The van der Waals surface area contributed by atoms with E-state index in [9.17, 15) is 4.79 Å². The van der Waals surface area contributed by atoms with Crippen molar-refractivity contribution in [1.29, 1.82) is 0 Å². The smallest absolute Gasteiger partial charge is 0.0953 e. The predicted molar refractivity (Wildman–Crippen MR) is 50.6 cm³/mol. The van der Waals surface area contributed by atoms with Crippen LogP contribution in [0.5, 0.6) is 0 Å². The number of benzene rings is 1. The second-order valence-corrected chi connectivity index (χ2v) is 3.46. The largest absolute Gasteiger partial charge is 0.312 e. The van der Waals surface area contributed by atoms with Gasteiger partial charge in [0.15, 0.2) is 0 Å². The molecule has 1 N–H and O–H groups in total. The van der Waals surface area contributed by atoms with Gasteiger partial charge in [0.25, 0.3) is 0 Å². The molecule has 0 amide bonds. The Balaban J connectivity index is 0.000000980. The number of rotatable bonds is 3. The number of aldehydes is 1. The summed E-state index contributed by atoms with van der Waals surface area (Å²) in [6.45, 7) is 0. The van der Waals surface area contributed by atoms with Crippen molar-refractivity contribution in [3.05, 3.63) is 35.4 Å². The van der Waals surface area contributed by atoms with Crippen molar-refractivity contribution in [1.82, 2.24) is 5.32 Å². The molecule has 2 nitrogen and oxygen atoms in total. The van der Waals surface area contributed by atoms with Gasteiger partial charge in [0.05, 0.1) is 6.29 Å². The van der Waals surface area contributed by atoms with Gasteiger partial charge in [-0.05, 0) is 19.9 Å². The molecule has 0 saturated heterocycles. The first-order chi connectivity index (χ1) is 6.32. The van der Waals surface area contributed by atoms with Crippen molar-refractivity contribution in [3.63, 3.8) is 0 Å². The molecule has 0 heterocycles. The summed E-state index contributed by atoms with van der Waals surface area (Å²) in [5.74, 6) is 0. The van der Waals surface area contributed by atoms with Crippen LogP contribution in [0.15, 0.2) is 18.2 Å². The minimum absolute atomic E-state index is 0. The first-order valence-electron chi connectivity index (χ1n) is 4.47. The van der Waals surface area contributed by atoms with Crippen LogP contribution in [-0.2, 0) is 38.2 Å². The molecule has 1 aromatic rings. The van der Waals surface area contributed by atoms with Gasteiger partial charge >= 0.3 is 0 Å². The summed E-state index contributed by atoms with van der Waals surface area (Å²) < 4.78 is 0. The molecule has 14 heavy (non-hydrogen) atoms. The van der Waals surface area contributed by atoms with E-state index >= 15 is 0 Å². The van der Waals surface area contributed by atoms with Crippen LogP contribution in [0.25, 0.3) is 0 Å². The number of nitrogens with one attached hydrogen (secondary N) is 1. The van der Waals surface area contributed by atoms with E-state index in [0.717, 1.165) is 30.3 Å². The second kappa shape index (κ2) is 4.65. The van der Waals surface area contributed by atoms with E-state index in [1.165, 1.54) is 0 Å². The van der Waals surface area contributed by atoms with E-state index < -0.39 is 0 Å². The molecule has 1 aromatic carbocycles. The Morgan fingerprint density at radius 1 is 1.57 bits per heavy atom. The molecule has 2 rings (SSSR count). The average Bonchev–Trinajstić information content (AvgIpc) is 2.98. The zero-order valence-electron chi connectivity index (χ0n) is 8.21. The Morgan fingerprint density at radius 3 is 2.79 bits per heavy atom. The van der Waals surface area contributed by atoms with Crippen LogP contribution in [0.1, 0.15) is 28.8 Å². The van der Waals surface area contributed by atoms with Crippen LogP contribution in [-0.4, -0.2) is 13.3 Å². The molecule has 3 heteroatoms. The normalized spacial score (nSPS) is 16.9. The van der Waals surface area contributed by atoms with E-state index in [1.54, 1.807) is 6.07 Å². The van der Waals surface area contributed by atoms with Gasteiger partial charge in [-0.3, -0.25) is 0 Å². The third-order valence-corrected chi connectivity index (χ3v) is 2.77.